The minimum absolute atomic E-state index is 0.0524. The number of likely N-dealkylation sites (tertiary alicyclic amines) is 1. The molecule has 1 aromatic rings. The van der Waals surface area contributed by atoms with Gasteiger partial charge in [0, 0.05) is 18.5 Å². The predicted molar refractivity (Wildman–Crippen MR) is 82.8 cm³/mol. The Morgan fingerprint density at radius 2 is 2.14 bits per heavy atom. The third-order valence-electron chi connectivity index (χ3n) is 4.01. The second-order valence-corrected chi connectivity index (χ2v) is 6.24. The molecule has 2 heterocycles. The highest BCUT2D eigenvalue weighted by Gasteiger charge is 2.33. The summed E-state index contributed by atoms with van der Waals surface area (Å²) >= 11 is 0. The van der Waals surface area contributed by atoms with Crippen LogP contribution in [-0.2, 0) is 0 Å². The zero-order valence-electron chi connectivity index (χ0n) is 13.3. The third kappa shape index (κ3) is 3.15. The van der Waals surface area contributed by atoms with Gasteiger partial charge in [-0.25, -0.2) is 9.97 Å². The summed E-state index contributed by atoms with van der Waals surface area (Å²) in [6, 6.07) is 0.278. The molecule has 6 heteroatoms. The molecule has 21 heavy (non-hydrogen) atoms. The van der Waals surface area contributed by atoms with Crippen molar-refractivity contribution in [3.63, 3.8) is 0 Å². The van der Waals surface area contributed by atoms with Crippen molar-refractivity contribution < 1.29 is 4.79 Å². The van der Waals surface area contributed by atoms with E-state index in [1.807, 2.05) is 18.7 Å². The van der Waals surface area contributed by atoms with Crippen molar-refractivity contribution in [1.82, 2.24) is 14.9 Å². The lowest BCUT2D eigenvalue weighted by Gasteiger charge is -2.28. The molecule has 0 bridgehead atoms. The Hall–Kier alpha value is -1.69. The summed E-state index contributed by atoms with van der Waals surface area (Å²) in [6.07, 6.45) is 3.69. The number of hydrazine groups is 1. The van der Waals surface area contributed by atoms with Gasteiger partial charge in [0.2, 0.25) is 0 Å². The molecule has 1 saturated heterocycles. The van der Waals surface area contributed by atoms with E-state index in [4.69, 9.17) is 5.84 Å². The minimum atomic E-state index is -0.0524. The Bertz CT molecular complexity index is 515. The average molecular weight is 291 g/mol. The standard InChI is InChI=1S/C15H25N5O/c1-9(2)12-6-5-7-20(12)15(21)13-11(19-16)8-17-14(18-13)10(3)4/h8-10,12,19H,5-7,16H2,1-4H3. The number of carbonyl (C=O) groups is 1. The number of amides is 1. The fourth-order valence-corrected chi connectivity index (χ4v) is 2.82. The number of aromatic nitrogens is 2. The highest BCUT2D eigenvalue weighted by atomic mass is 16.2. The average Bonchev–Trinajstić information content (AvgIpc) is 2.95. The molecular weight excluding hydrogens is 266 g/mol. The molecule has 1 fully saturated rings. The van der Waals surface area contributed by atoms with Gasteiger partial charge in [0.15, 0.2) is 5.69 Å². The van der Waals surface area contributed by atoms with Gasteiger partial charge in [-0.15, -0.1) is 0 Å². The number of nitrogen functional groups attached to an aromatic ring is 1. The van der Waals surface area contributed by atoms with Gasteiger partial charge in [0.1, 0.15) is 5.82 Å². The number of hydrogen-bond acceptors (Lipinski definition) is 5. The zero-order chi connectivity index (χ0) is 15.6. The Labute approximate surface area is 126 Å². The number of nitrogens with two attached hydrogens (primary N) is 1. The van der Waals surface area contributed by atoms with Crippen LogP contribution < -0.4 is 11.3 Å². The number of carbonyl (C=O) groups excluding carboxylic acids is 1. The summed E-state index contributed by atoms with van der Waals surface area (Å²) < 4.78 is 0. The molecule has 0 aliphatic carbocycles. The molecule has 2 rings (SSSR count). The van der Waals surface area contributed by atoms with Crippen LogP contribution in [0.2, 0.25) is 0 Å². The van der Waals surface area contributed by atoms with Crippen LogP contribution in [0.25, 0.3) is 0 Å². The molecule has 1 amide bonds. The maximum absolute atomic E-state index is 12.9. The molecule has 6 nitrogen and oxygen atoms in total. The van der Waals surface area contributed by atoms with Crippen molar-refractivity contribution in [2.45, 2.75) is 52.5 Å². The van der Waals surface area contributed by atoms with Gasteiger partial charge < -0.3 is 10.3 Å². The largest absolute Gasteiger partial charge is 0.334 e. The van der Waals surface area contributed by atoms with Crippen LogP contribution in [-0.4, -0.2) is 33.4 Å². The van der Waals surface area contributed by atoms with Crippen molar-refractivity contribution in [2.75, 3.05) is 12.0 Å². The summed E-state index contributed by atoms with van der Waals surface area (Å²) in [7, 11) is 0. The maximum Gasteiger partial charge on any atom is 0.275 e. The minimum Gasteiger partial charge on any atom is -0.334 e. The quantitative estimate of drug-likeness (QED) is 0.656. The number of hydrogen-bond donors (Lipinski definition) is 2. The van der Waals surface area contributed by atoms with E-state index in [0.717, 1.165) is 19.4 Å². The van der Waals surface area contributed by atoms with Crippen LogP contribution >= 0.6 is 0 Å². The Balaban J connectivity index is 2.35. The summed E-state index contributed by atoms with van der Waals surface area (Å²) in [6.45, 7) is 9.10. The zero-order valence-corrected chi connectivity index (χ0v) is 13.3. The van der Waals surface area contributed by atoms with E-state index in [0.29, 0.717) is 23.1 Å². The number of anilines is 1. The van der Waals surface area contributed by atoms with Crippen LogP contribution in [0.4, 0.5) is 5.69 Å². The maximum atomic E-state index is 12.9. The van der Waals surface area contributed by atoms with E-state index >= 15 is 0 Å². The predicted octanol–water partition coefficient (Wildman–Crippen LogP) is 2.15. The van der Waals surface area contributed by atoms with Crippen molar-refractivity contribution in [2.24, 2.45) is 11.8 Å². The lowest BCUT2D eigenvalue weighted by Crippen LogP contribution is -2.39. The molecule has 116 valence electrons. The lowest BCUT2D eigenvalue weighted by atomic mass is 10.0. The molecule has 0 aromatic carbocycles. The van der Waals surface area contributed by atoms with Crippen LogP contribution in [0.3, 0.4) is 0 Å². The molecule has 1 aromatic heterocycles. The van der Waals surface area contributed by atoms with Crippen molar-refractivity contribution in [3.05, 3.63) is 17.7 Å². The van der Waals surface area contributed by atoms with E-state index in [1.165, 1.54) is 0 Å². The number of nitrogens with zero attached hydrogens (tertiary/aromatic N) is 3. The first-order valence-electron chi connectivity index (χ1n) is 7.60. The second kappa shape index (κ2) is 6.39. The molecule has 1 atom stereocenters. The smallest absolute Gasteiger partial charge is 0.275 e. The first-order valence-corrected chi connectivity index (χ1v) is 7.60. The highest BCUT2D eigenvalue weighted by molar-refractivity contribution is 5.97. The Morgan fingerprint density at radius 1 is 1.43 bits per heavy atom. The SMILES string of the molecule is CC(C)c1ncc(NN)c(C(=O)N2CCCC2C(C)C)n1. The van der Waals surface area contributed by atoms with E-state index in [1.54, 1.807) is 6.20 Å². The van der Waals surface area contributed by atoms with Crippen molar-refractivity contribution >= 4 is 11.6 Å². The van der Waals surface area contributed by atoms with E-state index in [9.17, 15) is 4.79 Å². The molecule has 0 radical (unpaired) electrons. The third-order valence-corrected chi connectivity index (χ3v) is 4.01. The Kier molecular flexibility index (Phi) is 4.77. The fraction of sp³-hybridized carbons (Fsp3) is 0.667. The number of nitrogens with one attached hydrogen (secondary N) is 1. The van der Waals surface area contributed by atoms with Crippen molar-refractivity contribution in [3.8, 4) is 0 Å². The first-order chi connectivity index (χ1) is 9.95. The van der Waals surface area contributed by atoms with Gasteiger partial charge in [0.25, 0.3) is 5.91 Å². The summed E-state index contributed by atoms with van der Waals surface area (Å²) in [5, 5.41) is 0. The van der Waals surface area contributed by atoms with Crippen molar-refractivity contribution in [1.29, 1.82) is 0 Å². The molecule has 0 spiro atoms. The van der Waals surface area contributed by atoms with E-state index in [-0.39, 0.29) is 17.9 Å². The molecular formula is C15H25N5O. The monoisotopic (exact) mass is 291 g/mol. The molecule has 3 N–H and O–H groups in total. The van der Waals surface area contributed by atoms with Gasteiger partial charge in [0.05, 0.1) is 11.9 Å². The van der Waals surface area contributed by atoms with Crippen LogP contribution in [0.15, 0.2) is 6.20 Å². The fourth-order valence-electron chi connectivity index (χ4n) is 2.82. The van der Waals surface area contributed by atoms with Crippen LogP contribution in [0.5, 0.6) is 0 Å². The molecule has 0 saturated carbocycles. The highest BCUT2D eigenvalue weighted by Crippen LogP contribution is 2.27. The van der Waals surface area contributed by atoms with Gasteiger partial charge in [-0.3, -0.25) is 10.6 Å². The van der Waals surface area contributed by atoms with Gasteiger partial charge in [-0.05, 0) is 18.8 Å². The summed E-state index contributed by atoms with van der Waals surface area (Å²) in [5.74, 6) is 6.73. The van der Waals surface area contributed by atoms with Crippen LogP contribution in [0.1, 0.15) is 62.8 Å². The normalized spacial score (nSPS) is 18.6. The lowest BCUT2D eigenvalue weighted by molar-refractivity contribution is 0.0696. The van der Waals surface area contributed by atoms with E-state index in [2.05, 4.69) is 29.2 Å². The van der Waals surface area contributed by atoms with Crippen LogP contribution in [0, 0.1) is 5.92 Å². The van der Waals surface area contributed by atoms with E-state index < -0.39 is 0 Å². The number of rotatable bonds is 4. The first kappa shape index (κ1) is 15.7. The topological polar surface area (TPSA) is 84.1 Å². The molecule has 1 aliphatic rings. The molecule has 1 unspecified atom stereocenters. The summed E-state index contributed by atoms with van der Waals surface area (Å²) in [4.78, 5) is 23.5. The Morgan fingerprint density at radius 3 is 2.71 bits per heavy atom. The molecule has 1 aliphatic heterocycles. The van der Waals surface area contributed by atoms with Gasteiger partial charge in [-0.1, -0.05) is 27.7 Å². The second-order valence-electron chi connectivity index (χ2n) is 6.24. The van der Waals surface area contributed by atoms with Gasteiger partial charge >= 0.3 is 0 Å². The van der Waals surface area contributed by atoms with Gasteiger partial charge in [-0.2, -0.15) is 0 Å². The summed E-state index contributed by atoms with van der Waals surface area (Å²) in [5.41, 5.74) is 3.40.